The monoisotopic (exact) mass is 656 g/mol. The SMILES string of the molecule is COC(=O)[C@@H]1NC(c2ccc(OC(F)(F)F)cc2)(c2ccc(OC(F)(F)F)cc2)[C@H]2C(=O)N(C3CCC(C(C)(C)C)CC3)C(=O)[C@H]12. The molecule has 0 spiro atoms. The van der Waals surface area contributed by atoms with E-state index in [1.807, 2.05) is 0 Å². The van der Waals surface area contributed by atoms with E-state index in [0.29, 0.717) is 18.8 Å². The van der Waals surface area contributed by atoms with Gasteiger partial charge in [0.25, 0.3) is 0 Å². The van der Waals surface area contributed by atoms with Crippen molar-refractivity contribution in [2.24, 2.45) is 23.2 Å². The Morgan fingerprint density at radius 1 is 0.783 bits per heavy atom. The number of likely N-dealkylation sites (tertiary alicyclic amines) is 1. The molecule has 8 nitrogen and oxygen atoms in total. The Kier molecular flexibility index (Phi) is 8.58. The summed E-state index contributed by atoms with van der Waals surface area (Å²) in [6.45, 7) is 6.39. The van der Waals surface area contributed by atoms with E-state index in [1.54, 1.807) is 0 Å². The van der Waals surface area contributed by atoms with E-state index in [-0.39, 0.29) is 16.5 Å². The Bertz CT molecular complexity index is 1400. The Morgan fingerprint density at radius 2 is 1.24 bits per heavy atom. The van der Waals surface area contributed by atoms with E-state index < -0.39 is 71.5 Å². The van der Waals surface area contributed by atoms with Gasteiger partial charge in [-0.1, -0.05) is 45.0 Å². The van der Waals surface area contributed by atoms with Crippen molar-refractivity contribution < 1.29 is 54.9 Å². The first-order chi connectivity index (χ1) is 21.4. The molecule has 1 N–H and O–H groups in total. The van der Waals surface area contributed by atoms with Crippen LogP contribution in [0.1, 0.15) is 57.6 Å². The predicted molar refractivity (Wildman–Crippen MR) is 150 cm³/mol. The van der Waals surface area contributed by atoms with Crippen LogP contribution in [0.15, 0.2) is 48.5 Å². The Morgan fingerprint density at radius 3 is 1.63 bits per heavy atom. The van der Waals surface area contributed by atoms with Gasteiger partial charge in [-0.3, -0.25) is 24.6 Å². The number of alkyl halides is 6. The lowest BCUT2D eigenvalue weighted by molar-refractivity contribution is -0.275. The lowest BCUT2D eigenvalue weighted by Gasteiger charge is -2.41. The van der Waals surface area contributed by atoms with Gasteiger partial charge in [0, 0.05) is 6.04 Å². The summed E-state index contributed by atoms with van der Waals surface area (Å²) < 4.78 is 90.6. The maximum Gasteiger partial charge on any atom is 0.573 e. The van der Waals surface area contributed by atoms with Gasteiger partial charge in [-0.2, -0.15) is 0 Å². The largest absolute Gasteiger partial charge is 0.573 e. The van der Waals surface area contributed by atoms with Crippen molar-refractivity contribution in [3.8, 4) is 11.5 Å². The minimum Gasteiger partial charge on any atom is -0.468 e. The number of amides is 2. The molecular formula is C32H34F6N2O6. The predicted octanol–water partition coefficient (Wildman–Crippen LogP) is 6.08. The van der Waals surface area contributed by atoms with Crippen molar-refractivity contribution in [2.75, 3.05) is 7.11 Å². The van der Waals surface area contributed by atoms with Crippen molar-refractivity contribution in [3.05, 3.63) is 59.7 Å². The highest BCUT2D eigenvalue weighted by Crippen LogP contribution is 2.53. The molecule has 1 saturated carbocycles. The van der Waals surface area contributed by atoms with Crippen LogP contribution in [0.4, 0.5) is 26.3 Å². The number of rotatable bonds is 6. The highest BCUT2D eigenvalue weighted by Gasteiger charge is 2.69. The van der Waals surface area contributed by atoms with Gasteiger partial charge in [-0.15, -0.1) is 26.3 Å². The molecule has 2 heterocycles. The fourth-order valence-electron chi connectivity index (χ4n) is 7.35. The number of hydrogen-bond acceptors (Lipinski definition) is 7. The molecule has 0 unspecified atom stereocenters. The number of benzene rings is 2. The van der Waals surface area contributed by atoms with Crippen LogP contribution in [0.25, 0.3) is 0 Å². The standard InChI is InChI=1S/C32H34F6N2O6/c1-29(2,3)17-5-11-20(12-6-17)40-26(41)23-24(27(40)42)30(39-25(23)28(43)44-4,18-7-13-21(14-8-18)45-31(33,34)35)19-9-15-22(16-10-19)46-32(36,37)38/h7-10,13-17,20,23-25,39H,5-6,11-12H2,1-4H3/t17?,20?,23-,24+,25+/m0/s1. The van der Waals surface area contributed by atoms with E-state index in [0.717, 1.165) is 44.2 Å². The summed E-state index contributed by atoms with van der Waals surface area (Å²) in [5.41, 5.74) is -1.37. The van der Waals surface area contributed by atoms with Gasteiger partial charge in [-0.25, -0.2) is 0 Å². The van der Waals surface area contributed by atoms with E-state index in [9.17, 15) is 40.7 Å². The van der Waals surface area contributed by atoms with E-state index in [4.69, 9.17) is 4.74 Å². The highest BCUT2D eigenvalue weighted by molar-refractivity contribution is 6.09. The number of hydrogen-bond donors (Lipinski definition) is 1. The van der Waals surface area contributed by atoms with Crippen molar-refractivity contribution in [1.82, 2.24) is 10.2 Å². The minimum absolute atomic E-state index is 0.0273. The molecule has 2 amide bonds. The number of nitrogens with one attached hydrogen (secondary N) is 1. The molecule has 14 heteroatoms. The van der Waals surface area contributed by atoms with Gasteiger partial charge in [0.1, 0.15) is 17.5 Å². The third kappa shape index (κ3) is 6.27. The topological polar surface area (TPSA) is 94.2 Å². The van der Waals surface area contributed by atoms with Crippen LogP contribution in [-0.2, 0) is 24.7 Å². The van der Waals surface area contributed by atoms with Crippen molar-refractivity contribution in [3.63, 3.8) is 0 Å². The molecule has 1 aliphatic carbocycles. The smallest absolute Gasteiger partial charge is 0.468 e. The summed E-state index contributed by atoms with van der Waals surface area (Å²) >= 11 is 0. The maximum absolute atomic E-state index is 14.5. The number of fused-ring (bicyclic) bond motifs is 1. The summed E-state index contributed by atoms with van der Waals surface area (Å²) in [7, 11) is 1.11. The molecule has 3 atom stereocenters. The van der Waals surface area contributed by atoms with Crippen LogP contribution in [0.5, 0.6) is 11.5 Å². The van der Waals surface area contributed by atoms with Gasteiger partial charge >= 0.3 is 18.7 Å². The molecule has 0 aromatic heterocycles. The van der Waals surface area contributed by atoms with E-state index in [2.05, 4.69) is 35.6 Å². The minimum atomic E-state index is -4.99. The summed E-state index contributed by atoms with van der Waals surface area (Å²) in [4.78, 5) is 43.0. The molecule has 5 rings (SSSR count). The molecule has 0 bridgehead atoms. The Hall–Kier alpha value is -3.81. The molecule has 46 heavy (non-hydrogen) atoms. The van der Waals surface area contributed by atoms with Crippen molar-refractivity contribution in [1.29, 1.82) is 0 Å². The third-order valence-electron chi connectivity index (χ3n) is 9.42. The normalized spacial score (nSPS) is 26.6. The van der Waals surface area contributed by atoms with E-state index >= 15 is 0 Å². The number of esters is 1. The molecule has 2 saturated heterocycles. The highest BCUT2D eigenvalue weighted by atomic mass is 19.4. The van der Waals surface area contributed by atoms with Crippen molar-refractivity contribution >= 4 is 17.8 Å². The van der Waals surface area contributed by atoms with Crippen LogP contribution in [0.2, 0.25) is 0 Å². The number of carbonyl (C=O) groups is 3. The van der Waals surface area contributed by atoms with Gasteiger partial charge in [-0.05, 0) is 72.4 Å². The number of nitrogens with zero attached hydrogens (tertiary/aromatic N) is 1. The lowest BCUT2D eigenvalue weighted by Crippen LogP contribution is -2.53. The second kappa shape index (κ2) is 11.8. The second-order valence-electron chi connectivity index (χ2n) is 13.0. The summed E-state index contributed by atoms with van der Waals surface area (Å²) in [5.74, 6) is -5.37. The number of halogens is 6. The zero-order valence-electron chi connectivity index (χ0n) is 25.5. The molecule has 2 aliphatic heterocycles. The first kappa shape index (κ1) is 33.6. The number of methoxy groups -OCH3 is 1. The van der Waals surface area contributed by atoms with Gasteiger partial charge in [0.05, 0.1) is 24.5 Å². The van der Waals surface area contributed by atoms with Crippen LogP contribution in [-0.4, -0.2) is 54.6 Å². The van der Waals surface area contributed by atoms with Crippen LogP contribution >= 0.6 is 0 Å². The first-order valence-electron chi connectivity index (χ1n) is 14.8. The molecular weight excluding hydrogens is 622 g/mol. The Balaban J connectivity index is 1.62. The van der Waals surface area contributed by atoms with Gasteiger partial charge in [0.15, 0.2) is 0 Å². The van der Waals surface area contributed by atoms with Gasteiger partial charge < -0.3 is 14.2 Å². The van der Waals surface area contributed by atoms with Crippen LogP contribution in [0, 0.1) is 23.2 Å². The third-order valence-corrected chi connectivity index (χ3v) is 9.42. The fraction of sp³-hybridized carbons (Fsp3) is 0.531. The fourth-order valence-corrected chi connectivity index (χ4v) is 7.35. The molecule has 3 fully saturated rings. The number of imide groups is 1. The average Bonchev–Trinajstić information content (AvgIpc) is 3.45. The van der Waals surface area contributed by atoms with Crippen LogP contribution < -0.4 is 14.8 Å². The number of ether oxygens (including phenoxy) is 3. The van der Waals surface area contributed by atoms with E-state index in [1.165, 1.54) is 29.2 Å². The molecule has 2 aromatic carbocycles. The lowest BCUT2D eigenvalue weighted by atomic mass is 9.71. The summed E-state index contributed by atoms with van der Waals surface area (Å²) in [6.07, 6.45) is -7.33. The molecule has 0 radical (unpaired) electrons. The summed E-state index contributed by atoms with van der Waals surface area (Å²) in [5, 5.41) is 3.07. The van der Waals surface area contributed by atoms with Gasteiger partial charge in [0.2, 0.25) is 11.8 Å². The zero-order chi connectivity index (χ0) is 33.8. The first-order valence-corrected chi connectivity index (χ1v) is 14.8. The maximum atomic E-state index is 14.5. The second-order valence-corrected chi connectivity index (χ2v) is 13.0. The molecule has 2 aromatic rings. The zero-order valence-corrected chi connectivity index (χ0v) is 25.5. The van der Waals surface area contributed by atoms with Crippen LogP contribution in [0.3, 0.4) is 0 Å². The Labute approximate surface area is 261 Å². The molecule has 3 aliphatic rings. The number of carbonyl (C=O) groups excluding carboxylic acids is 3. The summed E-state index contributed by atoms with van der Waals surface area (Å²) in [6, 6.07) is 7.26. The quantitative estimate of drug-likeness (QED) is 0.229. The van der Waals surface area contributed by atoms with Crippen molar-refractivity contribution in [2.45, 2.75) is 76.8 Å². The molecule has 250 valence electrons. The average molecular weight is 657 g/mol.